The molecule has 1 rings (SSSR count). The van der Waals surface area contributed by atoms with E-state index >= 15 is 0 Å². The largest absolute Gasteiger partial charge is 0.507 e. The van der Waals surface area contributed by atoms with E-state index in [-0.39, 0.29) is 10.8 Å². The molecule has 0 spiro atoms. The van der Waals surface area contributed by atoms with Crippen molar-refractivity contribution in [2.75, 3.05) is 0 Å². The maximum Gasteiger partial charge on any atom is 0.146 e. The third kappa shape index (κ3) is 6.79. The maximum absolute atomic E-state index is 11.9. The van der Waals surface area contributed by atoms with Gasteiger partial charge in [0.2, 0.25) is 0 Å². The number of phenols is 1. The fourth-order valence-electron chi connectivity index (χ4n) is 3.76. The van der Waals surface area contributed by atoms with Crippen LogP contribution in [0.4, 0.5) is 0 Å². The quantitative estimate of drug-likeness (QED) is 0.377. The van der Waals surface area contributed by atoms with Crippen LogP contribution in [0.25, 0.3) is 0 Å². The van der Waals surface area contributed by atoms with E-state index in [4.69, 9.17) is 0 Å². The first-order chi connectivity index (χ1) is 12.8. The van der Waals surface area contributed by atoms with Gasteiger partial charge in [0, 0.05) is 6.42 Å². The van der Waals surface area contributed by atoms with Crippen LogP contribution >= 0.6 is 0 Å². The van der Waals surface area contributed by atoms with Gasteiger partial charge in [-0.05, 0) is 52.4 Å². The summed E-state index contributed by atoms with van der Waals surface area (Å²) in [6, 6.07) is 4.17. The summed E-state index contributed by atoms with van der Waals surface area (Å²) < 4.78 is 0. The second-order valence-electron chi connectivity index (χ2n) is 10.6. The van der Waals surface area contributed by atoms with Crippen LogP contribution in [0.3, 0.4) is 0 Å². The molecule has 0 aliphatic heterocycles. The second kappa shape index (κ2) is 9.76. The Morgan fingerprint density at radius 1 is 1.07 bits per heavy atom. The van der Waals surface area contributed by atoms with Crippen LogP contribution in [0, 0.1) is 5.92 Å². The molecule has 1 aromatic rings. The predicted molar refractivity (Wildman–Crippen MR) is 121 cm³/mol. The van der Waals surface area contributed by atoms with Crippen LogP contribution in [0.15, 0.2) is 23.3 Å². The van der Waals surface area contributed by atoms with Crippen LogP contribution in [-0.4, -0.2) is 11.4 Å². The summed E-state index contributed by atoms with van der Waals surface area (Å²) in [5.41, 5.74) is 4.78. The number of aldehydes is 1. The Bertz CT molecular complexity index is 661. The summed E-state index contributed by atoms with van der Waals surface area (Å²) in [6.45, 7) is 19.3. The molecule has 0 amide bonds. The number of unbranched alkanes of at least 4 members (excludes halogenated alkanes) is 1. The monoisotopic (exact) mass is 386 g/mol. The Kier molecular flexibility index (Phi) is 8.53. The minimum absolute atomic E-state index is 0.158. The average molecular weight is 387 g/mol. The zero-order chi connectivity index (χ0) is 21.7. The first kappa shape index (κ1) is 24.5. The van der Waals surface area contributed by atoms with Crippen molar-refractivity contribution in [1.29, 1.82) is 0 Å². The zero-order valence-electron chi connectivity index (χ0n) is 19.7. The molecule has 0 heterocycles. The van der Waals surface area contributed by atoms with Crippen molar-refractivity contribution < 1.29 is 9.90 Å². The normalized spacial score (nSPS) is 14.6. The molecule has 0 aromatic heterocycles. The summed E-state index contributed by atoms with van der Waals surface area (Å²) in [7, 11) is 0. The third-order valence-electron chi connectivity index (χ3n) is 5.58. The number of aromatic hydroxyl groups is 1. The van der Waals surface area contributed by atoms with E-state index < -0.39 is 0 Å². The number of benzene rings is 1. The molecule has 1 aromatic carbocycles. The van der Waals surface area contributed by atoms with Gasteiger partial charge in [0.15, 0.2) is 0 Å². The molecule has 2 heteroatoms. The molecule has 1 N–H and O–H groups in total. The van der Waals surface area contributed by atoms with Gasteiger partial charge < -0.3 is 5.11 Å². The van der Waals surface area contributed by atoms with Crippen LogP contribution in [-0.2, 0) is 22.0 Å². The topological polar surface area (TPSA) is 37.3 Å². The fourth-order valence-corrected chi connectivity index (χ4v) is 3.76. The van der Waals surface area contributed by atoms with Gasteiger partial charge in [-0.25, -0.2) is 0 Å². The highest BCUT2D eigenvalue weighted by atomic mass is 16.3. The van der Waals surface area contributed by atoms with Gasteiger partial charge >= 0.3 is 0 Å². The summed E-state index contributed by atoms with van der Waals surface area (Å²) >= 11 is 0. The Labute approximate surface area is 173 Å². The van der Waals surface area contributed by atoms with Gasteiger partial charge in [-0.3, -0.25) is 4.79 Å². The molecular formula is C26H42O2. The highest BCUT2D eigenvalue weighted by molar-refractivity contribution is 5.75. The van der Waals surface area contributed by atoms with E-state index in [1.807, 2.05) is 0 Å². The average Bonchev–Trinajstić information content (AvgIpc) is 2.56. The molecule has 2 nitrogen and oxygen atoms in total. The Morgan fingerprint density at radius 3 is 1.96 bits per heavy atom. The van der Waals surface area contributed by atoms with Crippen molar-refractivity contribution in [1.82, 2.24) is 0 Å². The Hall–Kier alpha value is -1.57. The Balaban J connectivity index is 3.31. The van der Waals surface area contributed by atoms with Crippen molar-refractivity contribution in [3.63, 3.8) is 0 Å². The van der Waals surface area contributed by atoms with Gasteiger partial charge in [-0.2, -0.15) is 0 Å². The second-order valence-corrected chi connectivity index (χ2v) is 10.6. The standard InChI is InChI=1S/C26H42O2/c1-10-11-12-18(2)13-19(3)21(17-27)14-20-15-22(25(4,5)6)24(28)23(16-20)26(7,8)9/h15-18,28H,10-14H2,1-9H3. The molecule has 1 atom stereocenters. The minimum Gasteiger partial charge on any atom is -0.507 e. The SMILES string of the molecule is CCCCC(C)CC(C)=C(C=O)Cc1cc(C(C)(C)C)c(O)c(C(C)(C)C)c1. The first-order valence-electron chi connectivity index (χ1n) is 10.8. The lowest BCUT2D eigenvalue weighted by molar-refractivity contribution is -0.105. The van der Waals surface area contributed by atoms with Crippen LogP contribution < -0.4 is 0 Å². The van der Waals surface area contributed by atoms with Gasteiger partial charge in [0.25, 0.3) is 0 Å². The molecule has 0 radical (unpaired) electrons. The smallest absolute Gasteiger partial charge is 0.146 e. The van der Waals surface area contributed by atoms with Crippen LogP contribution in [0.1, 0.15) is 105 Å². The van der Waals surface area contributed by atoms with Gasteiger partial charge in [0.05, 0.1) is 0 Å². The van der Waals surface area contributed by atoms with E-state index in [0.717, 1.165) is 35.0 Å². The lowest BCUT2D eigenvalue weighted by Crippen LogP contribution is -2.18. The van der Waals surface area contributed by atoms with Crippen LogP contribution in [0.5, 0.6) is 5.75 Å². The van der Waals surface area contributed by atoms with Crippen molar-refractivity contribution in [3.05, 3.63) is 40.0 Å². The number of allylic oxidation sites excluding steroid dienone is 2. The molecule has 0 aliphatic rings. The lowest BCUT2D eigenvalue weighted by atomic mass is 9.77. The number of rotatable bonds is 8. The lowest BCUT2D eigenvalue weighted by Gasteiger charge is -2.28. The number of carbonyl (C=O) groups excluding carboxylic acids is 1. The summed E-state index contributed by atoms with van der Waals surface area (Å²) in [4.78, 5) is 11.9. The summed E-state index contributed by atoms with van der Waals surface area (Å²) in [6.07, 6.45) is 6.30. The van der Waals surface area contributed by atoms with E-state index in [9.17, 15) is 9.90 Å². The van der Waals surface area contributed by atoms with Crippen LogP contribution in [0.2, 0.25) is 0 Å². The van der Waals surface area contributed by atoms with Crippen molar-refractivity contribution in [2.45, 2.75) is 105 Å². The molecule has 1 unspecified atom stereocenters. The highest BCUT2D eigenvalue weighted by Crippen LogP contribution is 2.40. The molecule has 0 aliphatic carbocycles. The zero-order valence-corrected chi connectivity index (χ0v) is 19.7. The van der Waals surface area contributed by atoms with E-state index in [1.165, 1.54) is 24.8 Å². The number of phenolic OH excluding ortho intramolecular Hbond substituents is 1. The van der Waals surface area contributed by atoms with E-state index in [2.05, 4.69) is 74.4 Å². The third-order valence-corrected chi connectivity index (χ3v) is 5.58. The molecule has 0 saturated carbocycles. The van der Waals surface area contributed by atoms with E-state index in [0.29, 0.717) is 18.1 Å². The van der Waals surface area contributed by atoms with Crippen molar-refractivity contribution in [2.24, 2.45) is 5.92 Å². The Morgan fingerprint density at radius 2 is 1.57 bits per heavy atom. The molecule has 28 heavy (non-hydrogen) atoms. The highest BCUT2D eigenvalue weighted by Gasteiger charge is 2.26. The van der Waals surface area contributed by atoms with Crippen molar-refractivity contribution in [3.8, 4) is 5.75 Å². The fraction of sp³-hybridized carbons (Fsp3) is 0.654. The molecular weight excluding hydrogens is 344 g/mol. The van der Waals surface area contributed by atoms with Gasteiger partial charge in [-0.1, -0.05) is 92.4 Å². The first-order valence-corrected chi connectivity index (χ1v) is 10.8. The van der Waals surface area contributed by atoms with E-state index in [1.54, 1.807) is 0 Å². The number of carbonyl (C=O) groups is 1. The number of hydrogen-bond acceptors (Lipinski definition) is 2. The summed E-state index contributed by atoms with van der Waals surface area (Å²) in [5, 5.41) is 10.9. The number of hydrogen-bond donors (Lipinski definition) is 1. The minimum atomic E-state index is -0.158. The molecule has 158 valence electrons. The van der Waals surface area contributed by atoms with Gasteiger partial charge in [0.1, 0.15) is 12.0 Å². The molecule has 0 fully saturated rings. The predicted octanol–water partition coefficient (Wildman–Crippen LogP) is 7.26. The van der Waals surface area contributed by atoms with Crippen molar-refractivity contribution >= 4 is 6.29 Å². The molecule has 0 bridgehead atoms. The van der Waals surface area contributed by atoms with Gasteiger partial charge in [-0.15, -0.1) is 0 Å². The maximum atomic E-state index is 11.9. The molecule has 0 saturated heterocycles. The summed E-state index contributed by atoms with van der Waals surface area (Å²) in [5.74, 6) is 0.996.